The van der Waals surface area contributed by atoms with Gasteiger partial charge in [-0.1, -0.05) is 11.6 Å². The number of nitrogens with two attached hydrogens (primary N) is 1. The van der Waals surface area contributed by atoms with E-state index in [1.807, 2.05) is 0 Å². The Labute approximate surface area is 181 Å². The van der Waals surface area contributed by atoms with E-state index < -0.39 is 40.6 Å². The van der Waals surface area contributed by atoms with Crippen LogP contribution in [0.3, 0.4) is 0 Å². The minimum absolute atomic E-state index is 0.0568. The monoisotopic (exact) mass is 451 g/mol. The van der Waals surface area contributed by atoms with Crippen LogP contribution in [-0.4, -0.2) is 35.0 Å². The third kappa shape index (κ3) is 4.01. The molecule has 0 saturated heterocycles. The van der Waals surface area contributed by atoms with Crippen molar-refractivity contribution in [2.45, 2.75) is 37.8 Å². The molecule has 0 radical (unpaired) electrons. The van der Waals surface area contributed by atoms with Crippen molar-refractivity contribution in [1.82, 2.24) is 10.3 Å². The van der Waals surface area contributed by atoms with Crippen LogP contribution in [0.5, 0.6) is 11.5 Å². The Kier molecular flexibility index (Phi) is 5.25. The summed E-state index contributed by atoms with van der Waals surface area (Å²) < 4.78 is 38.2. The van der Waals surface area contributed by atoms with Gasteiger partial charge in [-0.05, 0) is 50.5 Å². The number of hydrogen-bond donors (Lipinski definition) is 2. The molecule has 1 heterocycles. The number of pyridine rings is 1. The lowest BCUT2D eigenvalue weighted by atomic mass is 9.37. The molecule has 0 aliphatic heterocycles. The van der Waals surface area contributed by atoms with E-state index in [9.17, 15) is 18.4 Å². The molecule has 7 nitrogen and oxygen atoms in total. The van der Waals surface area contributed by atoms with Crippen molar-refractivity contribution in [3.05, 3.63) is 52.8 Å². The van der Waals surface area contributed by atoms with Gasteiger partial charge < -0.3 is 20.5 Å². The van der Waals surface area contributed by atoms with E-state index in [0.29, 0.717) is 25.0 Å². The Morgan fingerprint density at radius 3 is 2.58 bits per heavy atom. The smallest absolute Gasteiger partial charge is 0.259 e. The molecule has 164 valence electrons. The molecule has 1 aromatic carbocycles. The SMILES string of the molecule is Cc1ccc(OCC(=O)NC23CC(C(Oc4ccc(Cl)c(F)c4)C(N)=O)(C2)C3)c(F)n1. The fraction of sp³-hybridized carbons (Fsp3) is 0.381. The molecule has 3 N–H and O–H groups in total. The van der Waals surface area contributed by atoms with E-state index in [2.05, 4.69) is 10.3 Å². The fourth-order valence-corrected chi connectivity index (χ4v) is 4.66. The first kappa shape index (κ1) is 21.3. The van der Waals surface area contributed by atoms with Crippen LogP contribution >= 0.6 is 11.6 Å². The molecular weight excluding hydrogens is 432 g/mol. The molecule has 1 unspecified atom stereocenters. The summed E-state index contributed by atoms with van der Waals surface area (Å²) in [5.41, 5.74) is 5.02. The second-order valence-corrected chi connectivity index (χ2v) is 8.63. The van der Waals surface area contributed by atoms with Crippen LogP contribution in [-0.2, 0) is 9.59 Å². The number of carbonyl (C=O) groups is 2. The van der Waals surface area contributed by atoms with Gasteiger partial charge in [-0.3, -0.25) is 9.59 Å². The lowest BCUT2D eigenvalue weighted by Gasteiger charge is -2.71. The zero-order chi connectivity index (χ0) is 22.4. The summed E-state index contributed by atoms with van der Waals surface area (Å²) in [6.07, 6.45) is 0.484. The molecule has 31 heavy (non-hydrogen) atoms. The second kappa shape index (κ2) is 7.64. The van der Waals surface area contributed by atoms with Gasteiger partial charge in [-0.25, -0.2) is 9.37 Å². The first-order valence-electron chi connectivity index (χ1n) is 9.59. The van der Waals surface area contributed by atoms with Crippen molar-refractivity contribution in [3.8, 4) is 11.5 Å². The number of amides is 2. The van der Waals surface area contributed by atoms with Gasteiger partial charge in [0.05, 0.1) is 5.02 Å². The topological polar surface area (TPSA) is 104 Å². The normalized spacial score (nSPS) is 24.4. The number of nitrogens with one attached hydrogen (secondary N) is 1. The zero-order valence-electron chi connectivity index (χ0n) is 16.6. The second-order valence-electron chi connectivity index (χ2n) is 8.23. The number of nitrogens with zero attached hydrogens (tertiary/aromatic N) is 1. The van der Waals surface area contributed by atoms with E-state index in [4.69, 9.17) is 26.8 Å². The zero-order valence-corrected chi connectivity index (χ0v) is 17.3. The number of aryl methyl sites for hydroxylation is 1. The molecule has 2 bridgehead atoms. The average molecular weight is 452 g/mol. The Bertz CT molecular complexity index is 1050. The standard InChI is InChI=1S/C21H20ClF2N3O4/c1-11-2-5-15(18(24)26-11)30-7-16(28)27-21-8-20(9-21,10-21)17(19(25)29)31-12-3-4-13(22)14(23)6-12/h2-6,17H,7-10H2,1H3,(H2,25,29)(H,27,28). The molecule has 2 aromatic rings. The number of aromatic nitrogens is 1. The Balaban J connectivity index is 1.32. The van der Waals surface area contributed by atoms with Crippen LogP contribution in [0.2, 0.25) is 5.02 Å². The molecule has 0 spiro atoms. The molecule has 10 heteroatoms. The maximum atomic E-state index is 13.7. The number of rotatable bonds is 8. The highest BCUT2D eigenvalue weighted by Crippen LogP contribution is 2.69. The van der Waals surface area contributed by atoms with E-state index in [0.717, 1.165) is 6.07 Å². The minimum Gasteiger partial charge on any atom is -0.480 e. The average Bonchev–Trinajstić information content (AvgIpc) is 2.64. The first-order valence-corrected chi connectivity index (χ1v) is 9.97. The third-order valence-corrected chi connectivity index (χ3v) is 6.05. The van der Waals surface area contributed by atoms with Gasteiger partial charge in [0.25, 0.3) is 17.8 Å². The third-order valence-electron chi connectivity index (χ3n) is 5.75. The minimum atomic E-state index is -0.962. The number of ether oxygens (including phenoxy) is 2. The highest BCUT2D eigenvalue weighted by atomic mass is 35.5. The summed E-state index contributed by atoms with van der Waals surface area (Å²) in [7, 11) is 0. The summed E-state index contributed by atoms with van der Waals surface area (Å²) >= 11 is 5.67. The van der Waals surface area contributed by atoms with Gasteiger partial charge in [-0.2, -0.15) is 4.39 Å². The summed E-state index contributed by atoms with van der Waals surface area (Å²) in [6.45, 7) is 1.28. The molecule has 1 atom stereocenters. The highest BCUT2D eigenvalue weighted by molar-refractivity contribution is 6.30. The van der Waals surface area contributed by atoms with E-state index in [1.165, 1.54) is 18.2 Å². The van der Waals surface area contributed by atoms with Crippen molar-refractivity contribution in [2.24, 2.45) is 11.1 Å². The maximum absolute atomic E-state index is 13.7. The van der Waals surface area contributed by atoms with Crippen LogP contribution in [0.4, 0.5) is 8.78 Å². The van der Waals surface area contributed by atoms with E-state index in [1.54, 1.807) is 13.0 Å². The summed E-state index contributed by atoms with van der Waals surface area (Å²) in [6, 6.07) is 6.88. The van der Waals surface area contributed by atoms with Crippen LogP contribution in [0.1, 0.15) is 25.0 Å². The number of halogens is 3. The predicted molar refractivity (Wildman–Crippen MR) is 107 cm³/mol. The summed E-state index contributed by atoms with van der Waals surface area (Å²) in [4.78, 5) is 27.9. The molecule has 3 aliphatic carbocycles. The lowest BCUT2D eigenvalue weighted by molar-refractivity contribution is -0.208. The number of benzene rings is 1. The molecule has 3 saturated carbocycles. The molecule has 3 aliphatic rings. The van der Waals surface area contributed by atoms with E-state index in [-0.39, 0.29) is 23.1 Å². The molecule has 2 amide bonds. The number of carbonyl (C=O) groups excluding carboxylic acids is 2. The van der Waals surface area contributed by atoms with Gasteiger partial charge in [0.1, 0.15) is 11.6 Å². The van der Waals surface area contributed by atoms with Crippen molar-refractivity contribution < 1.29 is 27.8 Å². The van der Waals surface area contributed by atoms with Crippen LogP contribution in [0.15, 0.2) is 30.3 Å². The fourth-order valence-electron chi connectivity index (χ4n) is 4.54. The van der Waals surface area contributed by atoms with Crippen molar-refractivity contribution in [1.29, 1.82) is 0 Å². The molecule has 5 rings (SSSR count). The van der Waals surface area contributed by atoms with Gasteiger partial charge in [0, 0.05) is 22.7 Å². The predicted octanol–water partition coefficient (Wildman–Crippen LogP) is 2.67. The van der Waals surface area contributed by atoms with Crippen LogP contribution < -0.4 is 20.5 Å². The molecular formula is C21H20ClF2N3O4. The van der Waals surface area contributed by atoms with Gasteiger partial charge in [-0.15, -0.1) is 0 Å². The van der Waals surface area contributed by atoms with Gasteiger partial charge in [0.2, 0.25) is 0 Å². The number of hydrogen-bond acceptors (Lipinski definition) is 5. The Morgan fingerprint density at radius 1 is 1.26 bits per heavy atom. The molecule has 3 fully saturated rings. The lowest BCUT2D eigenvalue weighted by Crippen LogP contribution is -2.80. The first-order chi connectivity index (χ1) is 14.6. The summed E-state index contributed by atoms with van der Waals surface area (Å²) in [5, 5.41) is 2.81. The van der Waals surface area contributed by atoms with Crippen molar-refractivity contribution >= 4 is 23.4 Å². The van der Waals surface area contributed by atoms with Crippen molar-refractivity contribution in [2.75, 3.05) is 6.61 Å². The quantitative estimate of drug-likeness (QED) is 0.600. The Hall–Kier alpha value is -2.94. The molecule has 1 aromatic heterocycles. The maximum Gasteiger partial charge on any atom is 0.259 e. The summed E-state index contributed by atoms with van der Waals surface area (Å²) in [5.74, 6) is -2.48. The largest absolute Gasteiger partial charge is 0.480 e. The Morgan fingerprint density at radius 2 is 1.97 bits per heavy atom. The van der Waals surface area contributed by atoms with Gasteiger partial charge in [0.15, 0.2) is 18.5 Å². The van der Waals surface area contributed by atoms with Crippen LogP contribution in [0, 0.1) is 24.1 Å². The van der Waals surface area contributed by atoms with Crippen LogP contribution in [0.25, 0.3) is 0 Å². The number of primary amides is 1. The van der Waals surface area contributed by atoms with E-state index >= 15 is 0 Å². The van der Waals surface area contributed by atoms with Crippen molar-refractivity contribution in [3.63, 3.8) is 0 Å². The van der Waals surface area contributed by atoms with Gasteiger partial charge >= 0.3 is 0 Å². The highest BCUT2D eigenvalue weighted by Gasteiger charge is 2.73.